The van der Waals surface area contributed by atoms with E-state index in [2.05, 4.69) is 51.8 Å². The van der Waals surface area contributed by atoms with E-state index in [9.17, 15) is 0 Å². The van der Waals surface area contributed by atoms with Gasteiger partial charge in [-0.2, -0.15) is 0 Å². The van der Waals surface area contributed by atoms with Crippen molar-refractivity contribution in [3.8, 4) is 0 Å². The molecule has 0 spiro atoms. The molecule has 0 nitrogen and oxygen atoms in total. The third-order valence-electron chi connectivity index (χ3n) is 2.59. The fraction of sp³-hybridized carbons (Fsp3) is 0.667. The average molecular weight is 226 g/mol. The molecule has 0 N–H and O–H groups in total. The molecule has 1 aromatic heterocycles. The van der Waals surface area contributed by atoms with E-state index in [4.69, 9.17) is 0 Å². The molecule has 0 aromatic carbocycles. The summed E-state index contributed by atoms with van der Waals surface area (Å²) in [6.07, 6.45) is 1.24. The molecular weight excluding hydrogens is 208 g/mol. The minimum absolute atomic E-state index is 0.303. The first-order chi connectivity index (χ1) is 6.30. The second-order valence-corrected chi connectivity index (χ2v) is 8.37. The maximum atomic E-state index is 2.35. The van der Waals surface area contributed by atoms with Crippen LogP contribution in [0.5, 0.6) is 0 Å². The highest BCUT2D eigenvalue weighted by atomic mass is 32.2. The van der Waals surface area contributed by atoms with Crippen LogP contribution in [0.1, 0.15) is 45.1 Å². The smallest absolute Gasteiger partial charge is 0.0255 e. The van der Waals surface area contributed by atoms with Gasteiger partial charge in [0.2, 0.25) is 0 Å². The second-order valence-electron chi connectivity index (χ2n) is 5.69. The van der Waals surface area contributed by atoms with Gasteiger partial charge in [-0.1, -0.05) is 20.8 Å². The predicted molar refractivity (Wildman–Crippen MR) is 66.7 cm³/mol. The second kappa shape index (κ2) is 3.02. The summed E-state index contributed by atoms with van der Waals surface area (Å²) in [4.78, 5) is 3.18. The SMILES string of the molecule is CC1(C)Cc2scc(C(C)(C)C)c2S1. The lowest BCUT2D eigenvalue weighted by Crippen LogP contribution is -2.13. The van der Waals surface area contributed by atoms with Crippen LogP contribution in [0.4, 0.5) is 0 Å². The zero-order valence-corrected chi connectivity index (χ0v) is 11.2. The van der Waals surface area contributed by atoms with Gasteiger partial charge >= 0.3 is 0 Å². The van der Waals surface area contributed by atoms with Crippen molar-refractivity contribution >= 4 is 23.1 Å². The van der Waals surface area contributed by atoms with Gasteiger partial charge in [0, 0.05) is 14.5 Å². The van der Waals surface area contributed by atoms with Crippen molar-refractivity contribution in [3.63, 3.8) is 0 Å². The Kier molecular flexibility index (Phi) is 2.28. The lowest BCUT2D eigenvalue weighted by atomic mass is 9.89. The predicted octanol–water partition coefficient (Wildman–Crippen LogP) is 4.47. The Morgan fingerprint density at radius 1 is 1.29 bits per heavy atom. The average Bonchev–Trinajstić information content (AvgIpc) is 2.38. The Morgan fingerprint density at radius 3 is 2.50 bits per heavy atom. The molecule has 2 heterocycles. The van der Waals surface area contributed by atoms with Crippen LogP contribution in [0.15, 0.2) is 10.3 Å². The van der Waals surface area contributed by atoms with Crippen LogP contribution >= 0.6 is 23.1 Å². The van der Waals surface area contributed by atoms with Crippen molar-refractivity contribution < 1.29 is 0 Å². The fourth-order valence-corrected chi connectivity index (χ4v) is 5.10. The molecule has 0 amide bonds. The van der Waals surface area contributed by atoms with Gasteiger partial charge in [0.05, 0.1) is 0 Å². The molecule has 0 radical (unpaired) electrons. The first-order valence-electron chi connectivity index (χ1n) is 5.09. The Balaban J connectivity index is 2.42. The molecule has 1 aliphatic heterocycles. The summed E-state index contributed by atoms with van der Waals surface area (Å²) < 4.78 is 0.419. The maximum Gasteiger partial charge on any atom is 0.0255 e. The topological polar surface area (TPSA) is 0 Å². The maximum absolute atomic E-state index is 2.35. The van der Waals surface area contributed by atoms with E-state index in [-0.39, 0.29) is 0 Å². The van der Waals surface area contributed by atoms with Crippen LogP contribution in [-0.4, -0.2) is 4.75 Å². The van der Waals surface area contributed by atoms with Gasteiger partial charge in [-0.15, -0.1) is 23.1 Å². The number of hydrogen-bond donors (Lipinski definition) is 0. The molecule has 0 unspecified atom stereocenters. The first kappa shape index (κ1) is 10.6. The largest absolute Gasteiger partial charge is 0.147 e. The third kappa shape index (κ3) is 1.74. The van der Waals surface area contributed by atoms with E-state index in [1.807, 2.05) is 11.3 Å². The van der Waals surface area contributed by atoms with Crippen molar-refractivity contribution in [2.75, 3.05) is 0 Å². The van der Waals surface area contributed by atoms with Gasteiger partial charge in [-0.25, -0.2) is 0 Å². The molecule has 2 rings (SSSR count). The van der Waals surface area contributed by atoms with E-state index in [0.717, 1.165) is 0 Å². The minimum atomic E-state index is 0.303. The molecule has 0 aliphatic carbocycles. The van der Waals surface area contributed by atoms with Gasteiger partial charge in [-0.3, -0.25) is 0 Å². The molecule has 2 heteroatoms. The monoisotopic (exact) mass is 226 g/mol. The lowest BCUT2D eigenvalue weighted by Gasteiger charge is -2.21. The summed E-state index contributed by atoms with van der Waals surface area (Å²) in [5.41, 5.74) is 1.85. The highest BCUT2D eigenvalue weighted by Gasteiger charge is 2.34. The van der Waals surface area contributed by atoms with Crippen molar-refractivity contribution in [3.05, 3.63) is 15.8 Å². The summed E-state index contributed by atoms with van der Waals surface area (Å²) in [6, 6.07) is 0. The Morgan fingerprint density at radius 2 is 1.93 bits per heavy atom. The van der Waals surface area contributed by atoms with Crippen LogP contribution in [0.3, 0.4) is 0 Å². The highest BCUT2D eigenvalue weighted by Crippen LogP contribution is 2.51. The normalized spacial score (nSPS) is 19.8. The first-order valence-corrected chi connectivity index (χ1v) is 6.79. The number of thiophene rings is 1. The number of rotatable bonds is 0. The number of hydrogen-bond acceptors (Lipinski definition) is 2. The number of thioether (sulfide) groups is 1. The number of fused-ring (bicyclic) bond motifs is 1. The van der Waals surface area contributed by atoms with Crippen LogP contribution in [0, 0.1) is 0 Å². The van der Waals surface area contributed by atoms with E-state index >= 15 is 0 Å². The molecule has 0 bridgehead atoms. The molecule has 78 valence electrons. The zero-order chi connectivity index (χ0) is 10.6. The highest BCUT2D eigenvalue weighted by molar-refractivity contribution is 8.01. The molecule has 1 aromatic rings. The molecular formula is C12H18S2. The molecule has 0 fully saturated rings. The van der Waals surface area contributed by atoms with E-state index < -0.39 is 0 Å². The van der Waals surface area contributed by atoms with E-state index in [1.165, 1.54) is 6.42 Å². The van der Waals surface area contributed by atoms with Gasteiger partial charge < -0.3 is 0 Å². The van der Waals surface area contributed by atoms with Gasteiger partial charge in [0.1, 0.15) is 0 Å². The quantitative estimate of drug-likeness (QED) is 0.629. The summed E-state index contributed by atoms with van der Waals surface area (Å²) in [5, 5.41) is 2.35. The van der Waals surface area contributed by atoms with E-state index in [1.54, 1.807) is 15.3 Å². The Hall–Kier alpha value is 0.0500. The van der Waals surface area contributed by atoms with Gasteiger partial charge in [0.25, 0.3) is 0 Å². The van der Waals surface area contributed by atoms with Gasteiger partial charge in [-0.05, 0) is 36.6 Å². The summed E-state index contributed by atoms with van der Waals surface area (Å²) in [7, 11) is 0. The Bertz CT molecular complexity index is 353. The molecule has 0 atom stereocenters. The third-order valence-corrected chi connectivity index (χ3v) is 5.07. The molecule has 14 heavy (non-hydrogen) atoms. The minimum Gasteiger partial charge on any atom is -0.147 e. The van der Waals surface area contributed by atoms with Crippen LogP contribution in [0.25, 0.3) is 0 Å². The lowest BCUT2D eigenvalue weighted by molar-refractivity contribution is 0.581. The van der Waals surface area contributed by atoms with Crippen molar-refractivity contribution in [1.82, 2.24) is 0 Å². The van der Waals surface area contributed by atoms with Crippen LogP contribution < -0.4 is 0 Å². The fourth-order valence-electron chi connectivity index (χ4n) is 1.84. The van der Waals surface area contributed by atoms with Crippen molar-refractivity contribution in [2.45, 2.75) is 56.1 Å². The van der Waals surface area contributed by atoms with Crippen molar-refractivity contribution in [1.29, 1.82) is 0 Å². The summed E-state index contributed by atoms with van der Waals surface area (Å²) in [5.74, 6) is 0. The molecule has 0 saturated heterocycles. The van der Waals surface area contributed by atoms with Crippen LogP contribution in [0.2, 0.25) is 0 Å². The zero-order valence-electron chi connectivity index (χ0n) is 9.60. The van der Waals surface area contributed by atoms with Crippen LogP contribution in [-0.2, 0) is 11.8 Å². The summed E-state index contributed by atoms with van der Waals surface area (Å²) in [6.45, 7) is 11.6. The Labute approximate surface area is 95.1 Å². The summed E-state index contributed by atoms with van der Waals surface area (Å²) >= 11 is 4.01. The standard InChI is InChI=1S/C12H18S2/c1-11(2,3)8-7-13-9-6-12(4,5)14-10(8)9/h7H,6H2,1-5H3. The van der Waals surface area contributed by atoms with Gasteiger partial charge in [0.15, 0.2) is 0 Å². The van der Waals surface area contributed by atoms with Crippen molar-refractivity contribution in [2.24, 2.45) is 0 Å². The molecule has 0 saturated carbocycles. The molecule has 1 aliphatic rings. The van der Waals surface area contributed by atoms with E-state index in [0.29, 0.717) is 10.2 Å².